The summed E-state index contributed by atoms with van der Waals surface area (Å²) in [5, 5.41) is 3.46. The van der Waals surface area contributed by atoms with E-state index in [1.54, 1.807) is 0 Å². The fourth-order valence-corrected chi connectivity index (χ4v) is 3.14. The number of aliphatic imine (C=N–C) groups is 1. The molecule has 3 rings (SSSR count). The van der Waals surface area contributed by atoms with E-state index in [4.69, 9.17) is 4.74 Å². The zero-order chi connectivity index (χ0) is 16.1. The van der Waals surface area contributed by atoms with Crippen LogP contribution in [-0.2, 0) is 24.1 Å². The molecule has 1 N–H and O–H groups in total. The number of aryl methyl sites for hydroxylation is 2. The minimum Gasteiger partial charge on any atom is -0.379 e. The SMILES string of the molecule is CN=C(NCc1ccc2c(c1)CCC2)N(C)CCOCC1CC1.I. The van der Waals surface area contributed by atoms with Gasteiger partial charge in [0.2, 0.25) is 0 Å². The molecule has 0 aliphatic heterocycles. The Hall–Kier alpha value is -0.820. The molecule has 0 atom stereocenters. The zero-order valence-electron chi connectivity index (χ0n) is 14.9. The number of hydrogen-bond acceptors (Lipinski definition) is 2. The van der Waals surface area contributed by atoms with Crippen LogP contribution in [0.3, 0.4) is 0 Å². The summed E-state index contributed by atoms with van der Waals surface area (Å²) in [6.07, 6.45) is 6.47. The molecular weight excluding hydrogens is 413 g/mol. The van der Waals surface area contributed by atoms with Crippen molar-refractivity contribution in [2.45, 2.75) is 38.6 Å². The lowest BCUT2D eigenvalue weighted by Crippen LogP contribution is -2.40. The Balaban J connectivity index is 0.00000208. The number of likely N-dealkylation sites (N-methyl/N-ethyl adjacent to an activating group) is 1. The number of ether oxygens (including phenoxy) is 1. The van der Waals surface area contributed by atoms with E-state index >= 15 is 0 Å². The van der Waals surface area contributed by atoms with Crippen molar-refractivity contribution in [2.24, 2.45) is 10.9 Å². The van der Waals surface area contributed by atoms with Gasteiger partial charge in [0.25, 0.3) is 0 Å². The number of benzene rings is 1. The Bertz CT molecular complexity index is 558. The number of hydrogen-bond donors (Lipinski definition) is 1. The Morgan fingerprint density at radius 2 is 2.08 bits per heavy atom. The molecule has 0 heterocycles. The van der Waals surface area contributed by atoms with Crippen LogP contribution < -0.4 is 5.32 Å². The van der Waals surface area contributed by atoms with Crippen LogP contribution in [0.4, 0.5) is 0 Å². The number of guanidine groups is 1. The second-order valence-corrected chi connectivity index (χ2v) is 6.80. The molecule has 24 heavy (non-hydrogen) atoms. The molecule has 134 valence electrons. The zero-order valence-corrected chi connectivity index (χ0v) is 17.2. The van der Waals surface area contributed by atoms with E-state index < -0.39 is 0 Å². The third-order valence-electron chi connectivity index (χ3n) is 4.81. The van der Waals surface area contributed by atoms with Gasteiger partial charge in [-0.1, -0.05) is 18.2 Å². The van der Waals surface area contributed by atoms with Gasteiger partial charge in [0.15, 0.2) is 5.96 Å². The molecule has 2 aliphatic rings. The van der Waals surface area contributed by atoms with Crippen LogP contribution in [0, 0.1) is 5.92 Å². The molecule has 1 saturated carbocycles. The topological polar surface area (TPSA) is 36.9 Å². The summed E-state index contributed by atoms with van der Waals surface area (Å²) in [4.78, 5) is 6.52. The highest BCUT2D eigenvalue weighted by atomic mass is 127. The number of halogens is 1. The van der Waals surface area contributed by atoms with Crippen LogP contribution in [0.15, 0.2) is 23.2 Å². The molecule has 4 nitrogen and oxygen atoms in total. The molecular formula is C19H30IN3O. The van der Waals surface area contributed by atoms with E-state index in [0.717, 1.165) is 38.2 Å². The summed E-state index contributed by atoms with van der Waals surface area (Å²) in [7, 11) is 3.91. The average molecular weight is 443 g/mol. The van der Waals surface area contributed by atoms with E-state index in [1.807, 2.05) is 7.05 Å². The summed E-state index contributed by atoms with van der Waals surface area (Å²) in [6, 6.07) is 6.88. The lowest BCUT2D eigenvalue weighted by Gasteiger charge is -2.22. The van der Waals surface area contributed by atoms with Crippen LogP contribution >= 0.6 is 24.0 Å². The molecule has 0 spiro atoms. The third kappa shape index (κ3) is 5.62. The maximum atomic E-state index is 5.71. The number of rotatable bonds is 7. The second kappa shape index (κ2) is 9.61. The molecule has 0 unspecified atom stereocenters. The van der Waals surface area contributed by atoms with E-state index in [0.29, 0.717) is 0 Å². The first-order valence-electron chi connectivity index (χ1n) is 8.86. The predicted octanol–water partition coefficient (Wildman–Crippen LogP) is 3.23. The highest BCUT2D eigenvalue weighted by Crippen LogP contribution is 2.28. The normalized spacial score (nSPS) is 16.5. The Labute approximate surface area is 163 Å². The van der Waals surface area contributed by atoms with Crippen LogP contribution in [0.2, 0.25) is 0 Å². The smallest absolute Gasteiger partial charge is 0.193 e. The van der Waals surface area contributed by atoms with Gasteiger partial charge in [-0.25, -0.2) is 0 Å². The van der Waals surface area contributed by atoms with Crippen molar-refractivity contribution in [1.29, 1.82) is 0 Å². The van der Waals surface area contributed by atoms with Gasteiger partial charge >= 0.3 is 0 Å². The maximum Gasteiger partial charge on any atom is 0.193 e. The second-order valence-electron chi connectivity index (χ2n) is 6.80. The molecule has 2 aliphatic carbocycles. The molecule has 1 aromatic rings. The van der Waals surface area contributed by atoms with Crippen LogP contribution in [0.25, 0.3) is 0 Å². The van der Waals surface area contributed by atoms with Gasteiger partial charge in [-0.3, -0.25) is 4.99 Å². The highest BCUT2D eigenvalue weighted by Gasteiger charge is 2.21. The van der Waals surface area contributed by atoms with Crippen molar-refractivity contribution in [2.75, 3.05) is 33.9 Å². The number of fused-ring (bicyclic) bond motifs is 1. The summed E-state index contributed by atoms with van der Waals surface area (Å²) in [5.41, 5.74) is 4.40. The van der Waals surface area contributed by atoms with E-state index in [1.165, 1.54) is 48.8 Å². The lowest BCUT2D eigenvalue weighted by molar-refractivity contribution is 0.115. The van der Waals surface area contributed by atoms with Crippen molar-refractivity contribution in [3.8, 4) is 0 Å². The van der Waals surface area contributed by atoms with Gasteiger partial charge in [0.1, 0.15) is 0 Å². The minimum atomic E-state index is 0. The molecule has 0 bridgehead atoms. The monoisotopic (exact) mass is 443 g/mol. The van der Waals surface area contributed by atoms with Crippen molar-refractivity contribution in [3.05, 3.63) is 34.9 Å². The van der Waals surface area contributed by atoms with Gasteiger partial charge in [-0.05, 0) is 54.7 Å². The fraction of sp³-hybridized carbons (Fsp3) is 0.632. The Morgan fingerprint density at radius 1 is 1.29 bits per heavy atom. The third-order valence-corrected chi connectivity index (χ3v) is 4.81. The first-order chi connectivity index (χ1) is 11.3. The first kappa shape index (κ1) is 19.5. The summed E-state index contributed by atoms with van der Waals surface area (Å²) >= 11 is 0. The maximum absolute atomic E-state index is 5.71. The molecule has 0 aromatic heterocycles. The Morgan fingerprint density at radius 3 is 2.83 bits per heavy atom. The van der Waals surface area contributed by atoms with Crippen molar-refractivity contribution in [1.82, 2.24) is 10.2 Å². The highest BCUT2D eigenvalue weighted by molar-refractivity contribution is 14.0. The van der Waals surface area contributed by atoms with Gasteiger partial charge in [0, 0.05) is 33.8 Å². The van der Waals surface area contributed by atoms with Gasteiger partial charge in [-0.15, -0.1) is 24.0 Å². The Kier molecular flexibility index (Phi) is 7.81. The van der Waals surface area contributed by atoms with Gasteiger partial charge in [0.05, 0.1) is 6.61 Å². The summed E-state index contributed by atoms with van der Waals surface area (Å²) < 4.78 is 5.71. The minimum absolute atomic E-state index is 0. The van der Waals surface area contributed by atoms with Crippen molar-refractivity contribution < 1.29 is 4.74 Å². The number of nitrogens with zero attached hydrogens (tertiary/aromatic N) is 2. The molecule has 0 amide bonds. The molecule has 1 aromatic carbocycles. The summed E-state index contributed by atoms with van der Waals surface area (Å²) in [5.74, 6) is 1.76. The van der Waals surface area contributed by atoms with E-state index in [2.05, 4.69) is 40.5 Å². The first-order valence-corrected chi connectivity index (χ1v) is 8.86. The van der Waals surface area contributed by atoms with E-state index in [9.17, 15) is 0 Å². The predicted molar refractivity (Wildman–Crippen MR) is 110 cm³/mol. The average Bonchev–Trinajstić information content (AvgIpc) is 3.27. The molecule has 0 saturated heterocycles. The van der Waals surface area contributed by atoms with Crippen LogP contribution in [0.5, 0.6) is 0 Å². The molecule has 1 fully saturated rings. The lowest BCUT2D eigenvalue weighted by atomic mass is 10.1. The van der Waals surface area contributed by atoms with Crippen LogP contribution in [0.1, 0.15) is 36.0 Å². The molecule has 5 heteroatoms. The number of nitrogens with one attached hydrogen (secondary N) is 1. The summed E-state index contributed by atoms with van der Waals surface area (Å²) in [6.45, 7) is 3.39. The largest absolute Gasteiger partial charge is 0.379 e. The van der Waals surface area contributed by atoms with Crippen LogP contribution in [-0.4, -0.2) is 44.7 Å². The van der Waals surface area contributed by atoms with Crippen molar-refractivity contribution >= 4 is 29.9 Å². The van der Waals surface area contributed by atoms with Gasteiger partial charge < -0.3 is 15.0 Å². The molecule has 0 radical (unpaired) electrons. The fourth-order valence-electron chi connectivity index (χ4n) is 3.14. The van der Waals surface area contributed by atoms with Crippen molar-refractivity contribution in [3.63, 3.8) is 0 Å². The van der Waals surface area contributed by atoms with E-state index in [-0.39, 0.29) is 24.0 Å². The van der Waals surface area contributed by atoms with Gasteiger partial charge in [-0.2, -0.15) is 0 Å². The quantitative estimate of drug-likeness (QED) is 0.304. The standard InChI is InChI=1S/C19H29N3O.HI/c1-20-19(22(2)10-11-23-14-15-6-7-15)21-13-16-8-9-17-4-3-5-18(17)12-16;/h8-9,12,15H,3-7,10-11,13-14H2,1-2H3,(H,20,21);1H.